The van der Waals surface area contributed by atoms with E-state index < -0.39 is 0 Å². The SMILES string of the molecule is CC(C)N1CCC(NC(=O)C2CCCCC2)CC1.CC(C)N1CCC(NC(=O)C2CCCCN2)CC1.CC(C)N1CCC(NC(=O)C2CCCNC2)CC1.CC(C)N1CCC(NC(=O)N2C3CCC2CC3)CC1.CC(C)N1CCC(NC(=O)N2CCC3(CC3)C2)CC1. The van der Waals surface area contributed by atoms with Crippen LogP contribution in [0, 0.1) is 17.3 Å². The molecule has 528 valence electrons. The number of hydrogen-bond acceptors (Lipinski definition) is 12. The quantitative estimate of drug-likeness (QED) is 0.0929. The molecule has 92 heavy (non-hydrogen) atoms. The van der Waals surface area contributed by atoms with E-state index in [2.05, 4.69) is 136 Å². The summed E-state index contributed by atoms with van der Waals surface area (Å²) in [6.45, 7) is 38.6. The third kappa shape index (κ3) is 23.5. The summed E-state index contributed by atoms with van der Waals surface area (Å²) in [5.74, 6) is 1.32. The van der Waals surface area contributed by atoms with Crippen LogP contribution < -0.4 is 37.2 Å². The van der Waals surface area contributed by atoms with Crippen molar-refractivity contribution in [3.8, 4) is 0 Å². The molecule has 7 N–H and O–H groups in total. The Labute approximate surface area is 559 Å². The second kappa shape index (κ2) is 37.4. The summed E-state index contributed by atoms with van der Waals surface area (Å²) < 4.78 is 0. The van der Waals surface area contributed by atoms with Gasteiger partial charge >= 0.3 is 12.1 Å². The lowest BCUT2D eigenvalue weighted by atomic mass is 9.88. The van der Waals surface area contributed by atoms with E-state index in [0.717, 1.165) is 194 Å². The molecule has 10 saturated heterocycles. The summed E-state index contributed by atoms with van der Waals surface area (Å²) in [5, 5.41) is 22.9. The molecular formula is C73H136N14O5. The molecular weight excluding hydrogens is 1150 g/mol. The normalized spacial score (nSPS) is 27.8. The van der Waals surface area contributed by atoms with Crippen molar-refractivity contribution in [1.82, 2.24) is 71.5 Å². The highest BCUT2D eigenvalue weighted by Crippen LogP contribution is 2.52. The molecule has 2 unspecified atom stereocenters. The van der Waals surface area contributed by atoms with Gasteiger partial charge in [0.25, 0.3) is 0 Å². The smallest absolute Gasteiger partial charge is 0.318 e. The van der Waals surface area contributed by atoms with Crippen LogP contribution in [0.3, 0.4) is 0 Å². The van der Waals surface area contributed by atoms with Gasteiger partial charge in [0.15, 0.2) is 0 Å². The maximum Gasteiger partial charge on any atom is 0.318 e. The molecule has 12 fully saturated rings. The number of rotatable bonds is 13. The Balaban J connectivity index is 0.000000148. The molecule has 12 aliphatic rings. The molecule has 0 radical (unpaired) electrons. The number of carbonyl (C=O) groups is 5. The number of carbonyl (C=O) groups excluding carboxylic acids is 5. The van der Waals surface area contributed by atoms with Gasteiger partial charge in [-0.1, -0.05) is 25.7 Å². The van der Waals surface area contributed by atoms with Crippen LogP contribution in [0.2, 0.25) is 0 Å². The van der Waals surface area contributed by atoms with Gasteiger partial charge in [-0.2, -0.15) is 0 Å². The van der Waals surface area contributed by atoms with Gasteiger partial charge in [0, 0.05) is 164 Å². The first-order chi connectivity index (χ1) is 44.2. The number of piperidine rings is 7. The summed E-state index contributed by atoms with van der Waals surface area (Å²) in [4.78, 5) is 77.7. The second-order valence-corrected chi connectivity index (χ2v) is 31.9. The van der Waals surface area contributed by atoms with E-state index in [-0.39, 0.29) is 35.8 Å². The molecule has 0 aromatic heterocycles. The van der Waals surface area contributed by atoms with Crippen molar-refractivity contribution in [2.24, 2.45) is 17.3 Å². The maximum atomic E-state index is 12.4. The van der Waals surface area contributed by atoms with E-state index in [1.54, 1.807) is 0 Å². The zero-order valence-electron chi connectivity index (χ0n) is 60.0. The molecule has 1 spiro atoms. The third-order valence-electron chi connectivity index (χ3n) is 23.6. The van der Waals surface area contributed by atoms with E-state index >= 15 is 0 Å². The Morgan fingerprint density at radius 2 is 0.728 bits per heavy atom. The number of hydrogen-bond donors (Lipinski definition) is 7. The van der Waals surface area contributed by atoms with Gasteiger partial charge in [0.2, 0.25) is 17.7 Å². The minimum absolute atomic E-state index is 0.0573. The average Bonchev–Trinajstić information content (AvgIpc) is 1.64. The van der Waals surface area contributed by atoms with Crippen molar-refractivity contribution in [2.75, 3.05) is 98.2 Å². The Morgan fingerprint density at radius 3 is 1.09 bits per heavy atom. The largest absolute Gasteiger partial charge is 0.353 e. The molecule has 0 aromatic rings. The van der Waals surface area contributed by atoms with Gasteiger partial charge in [0.1, 0.15) is 0 Å². The fourth-order valence-electron chi connectivity index (χ4n) is 16.7. The minimum Gasteiger partial charge on any atom is -0.353 e. The van der Waals surface area contributed by atoms with Crippen LogP contribution in [-0.4, -0.2) is 241 Å². The molecule has 0 aromatic carbocycles. The zero-order valence-corrected chi connectivity index (χ0v) is 60.0. The monoisotopic (exact) mass is 1290 g/mol. The molecule has 7 amide bonds. The predicted molar refractivity (Wildman–Crippen MR) is 374 cm³/mol. The van der Waals surface area contributed by atoms with Crippen LogP contribution in [0.4, 0.5) is 9.59 Å². The molecule has 10 heterocycles. The molecule has 19 heteroatoms. The number of urea groups is 2. The summed E-state index contributed by atoms with van der Waals surface area (Å²) >= 11 is 0. The lowest BCUT2D eigenvalue weighted by Crippen LogP contribution is -2.52. The van der Waals surface area contributed by atoms with Gasteiger partial charge in [-0.25, -0.2) is 9.59 Å². The van der Waals surface area contributed by atoms with Crippen LogP contribution in [-0.2, 0) is 14.4 Å². The summed E-state index contributed by atoms with van der Waals surface area (Å²) in [6.07, 6.45) is 31.4. The van der Waals surface area contributed by atoms with Gasteiger partial charge < -0.3 is 71.5 Å². The molecule has 19 nitrogen and oxygen atoms in total. The van der Waals surface area contributed by atoms with E-state index in [1.807, 2.05) is 4.90 Å². The first-order valence-electron chi connectivity index (χ1n) is 38.4. The molecule has 2 aliphatic carbocycles. The molecule has 12 rings (SSSR count). The highest BCUT2D eigenvalue weighted by Gasteiger charge is 2.49. The van der Waals surface area contributed by atoms with Crippen molar-refractivity contribution in [1.29, 1.82) is 0 Å². The van der Waals surface area contributed by atoms with Crippen molar-refractivity contribution in [3.05, 3.63) is 0 Å². The van der Waals surface area contributed by atoms with E-state index in [0.29, 0.717) is 89.7 Å². The number of amides is 7. The van der Waals surface area contributed by atoms with E-state index in [1.165, 1.54) is 77.0 Å². The number of likely N-dealkylation sites (tertiary alicyclic amines) is 6. The standard InChI is InChI=1S/2C15H27N3O.C15H28N2O.2C14H27N3O/c1-12(2)17-8-3-13(4-9-17)16-14(19)18-10-7-15(11-18)5-6-15;1-11(2)17-9-7-12(8-10-17)16-15(19)18-13-3-4-14(18)6-5-13;1-12(2)17-10-8-14(9-11-17)16-15(18)13-6-4-3-5-7-13;1-11(2)17-8-5-13(6-9-17)16-14(18)12-4-3-7-15-10-12;1-11(2)17-9-6-12(7-10-17)16-14(18)13-5-3-4-8-15-13/h12-13H,3-11H2,1-2H3,(H,16,19);11-14H,3-10H2,1-2H3,(H,16,19);12-14H,3-11H2,1-2H3,(H,16,18);2*11-13,15H,3-10H2,1-2H3,(H,16,18). The highest BCUT2D eigenvalue weighted by molar-refractivity contribution is 5.82. The number of nitrogens with one attached hydrogen (secondary N) is 7. The van der Waals surface area contributed by atoms with Crippen molar-refractivity contribution < 1.29 is 24.0 Å². The topological polar surface area (TPSA) is 192 Å². The fourth-order valence-corrected chi connectivity index (χ4v) is 16.7. The lowest BCUT2D eigenvalue weighted by molar-refractivity contribution is -0.127. The van der Waals surface area contributed by atoms with Crippen LogP contribution in [0.1, 0.15) is 243 Å². The number of fused-ring (bicyclic) bond motifs is 2. The summed E-state index contributed by atoms with van der Waals surface area (Å²) in [7, 11) is 0. The minimum atomic E-state index is 0.0573. The Kier molecular flexibility index (Phi) is 30.3. The van der Waals surface area contributed by atoms with Gasteiger partial charge in [-0.05, 0) is 235 Å². The first-order valence-corrected chi connectivity index (χ1v) is 38.4. The Bertz CT molecular complexity index is 2020. The predicted octanol–water partition coefficient (Wildman–Crippen LogP) is 8.90. The van der Waals surface area contributed by atoms with Crippen LogP contribution in [0.25, 0.3) is 0 Å². The Hall–Kier alpha value is -3.33. The fraction of sp³-hybridized carbons (Fsp3) is 0.932. The second-order valence-electron chi connectivity index (χ2n) is 31.9. The number of nitrogens with zero attached hydrogens (tertiary/aromatic N) is 7. The van der Waals surface area contributed by atoms with E-state index in [9.17, 15) is 24.0 Å². The van der Waals surface area contributed by atoms with E-state index in [4.69, 9.17) is 0 Å². The summed E-state index contributed by atoms with van der Waals surface area (Å²) in [5.41, 5.74) is 0.540. The van der Waals surface area contributed by atoms with Gasteiger partial charge in [0.05, 0.1) is 12.0 Å². The van der Waals surface area contributed by atoms with Gasteiger partial charge in [-0.15, -0.1) is 0 Å². The molecule has 10 aliphatic heterocycles. The first kappa shape index (κ1) is 74.5. The molecule has 2 bridgehead atoms. The highest BCUT2D eigenvalue weighted by atomic mass is 16.2. The Morgan fingerprint density at radius 1 is 0.359 bits per heavy atom. The summed E-state index contributed by atoms with van der Waals surface area (Å²) in [6, 6.07) is 6.69. The van der Waals surface area contributed by atoms with Gasteiger partial charge in [-0.3, -0.25) is 14.4 Å². The van der Waals surface area contributed by atoms with Crippen LogP contribution in [0.5, 0.6) is 0 Å². The average molecular weight is 1290 g/mol. The third-order valence-corrected chi connectivity index (χ3v) is 23.6. The lowest BCUT2D eigenvalue weighted by Gasteiger charge is -2.36. The van der Waals surface area contributed by atoms with Crippen molar-refractivity contribution in [2.45, 2.75) is 321 Å². The van der Waals surface area contributed by atoms with Crippen LogP contribution >= 0.6 is 0 Å². The molecule has 2 atom stereocenters. The molecule has 2 saturated carbocycles. The van der Waals surface area contributed by atoms with Crippen LogP contribution in [0.15, 0.2) is 0 Å². The van der Waals surface area contributed by atoms with Crippen molar-refractivity contribution in [3.63, 3.8) is 0 Å². The zero-order chi connectivity index (χ0) is 65.7. The van der Waals surface area contributed by atoms with Crippen molar-refractivity contribution >= 4 is 29.8 Å². The maximum absolute atomic E-state index is 12.4.